The average molecular weight is 356 g/mol. The average Bonchev–Trinajstić information content (AvgIpc) is 2.87. The number of likely N-dealkylation sites (tertiary alicyclic amines) is 1. The molecule has 26 heavy (non-hydrogen) atoms. The number of nitrogens with one attached hydrogen (secondary N) is 1. The third-order valence-electron chi connectivity index (χ3n) is 7.67. The minimum atomic E-state index is -0.167. The van der Waals surface area contributed by atoms with Crippen LogP contribution in [0.4, 0.5) is 0 Å². The van der Waals surface area contributed by atoms with Crippen LogP contribution in [0.5, 0.6) is 0 Å². The normalized spacial score (nSPS) is 37.8. The van der Waals surface area contributed by atoms with Crippen LogP contribution in [-0.2, 0) is 4.79 Å². The number of rotatable bonds is 4. The van der Waals surface area contributed by atoms with Crippen molar-refractivity contribution in [2.45, 2.75) is 77.2 Å². The van der Waals surface area contributed by atoms with E-state index in [-0.39, 0.29) is 22.9 Å². The highest BCUT2D eigenvalue weighted by atomic mass is 16.1. The van der Waals surface area contributed by atoms with Gasteiger partial charge in [-0.05, 0) is 81.5 Å². The lowest BCUT2D eigenvalue weighted by molar-refractivity contribution is -0.122. The summed E-state index contributed by atoms with van der Waals surface area (Å²) in [5, 5.41) is 12.8. The minimum Gasteiger partial charge on any atom is -0.376 e. The highest BCUT2D eigenvalue weighted by Gasteiger charge is 2.53. The van der Waals surface area contributed by atoms with Gasteiger partial charge in [-0.15, -0.1) is 0 Å². The minimum absolute atomic E-state index is 0.167. The molecule has 5 aliphatic rings. The van der Waals surface area contributed by atoms with Crippen molar-refractivity contribution in [3.63, 3.8) is 0 Å². The van der Waals surface area contributed by atoms with E-state index in [1.165, 1.54) is 51.4 Å². The molecule has 4 saturated carbocycles. The first-order valence-electron chi connectivity index (χ1n) is 10.7. The van der Waals surface area contributed by atoms with Gasteiger partial charge in [0.15, 0.2) is 0 Å². The zero-order valence-electron chi connectivity index (χ0n) is 16.2. The highest BCUT2D eigenvalue weighted by Crippen LogP contribution is 2.61. The zero-order chi connectivity index (χ0) is 18.1. The Morgan fingerprint density at radius 3 is 2.12 bits per heavy atom. The van der Waals surface area contributed by atoms with Crippen LogP contribution in [0.15, 0.2) is 11.8 Å². The van der Waals surface area contributed by atoms with E-state index < -0.39 is 0 Å². The van der Waals surface area contributed by atoms with E-state index in [4.69, 9.17) is 0 Å². The van der Waals surface area contributed by atoms with Gasteiger partial charge >= 0.3 is 0 Å². The Balaban J connectivity index is 1.42. The maximum absolute atomic E-state index is 12.8. The smallest absolute Gasteiger partial charge is 0.263 e. The molecule has 1 saturated heterocycles. The molecular formula is C22H33N3O. The third-order valence-corrected chi connectivity index (χ3v) is 7.67. The summed E-state index contributed by atoms with van der Waals surface area (Å²) < 4.78 is 0. The predicted octanol–water partition coefficient (Wildman–Crippen LogP) is 3.99. The van der Waals surface area contributed by atoms with E-state index >= 15 is 0 Å². The van der Waals surface area contributed by atoms with Gasteiger partial charge in [0.2, 0.25) is 0 Å². The molecule has 4 heteroatoms. The lowest BCUT2D eigenvalue weighted by atomic mass is 9.48. The summed E-state index contributed by atoms with van der Waals surface area (Å²) in [5.74, 6) is 2.47. The molecule has 0 aromatic heterocycles. The predicted molar refractivity (Wildman–Crippen MR) is 102 cm³/mol. The highest BCUT2D eigenvalue weighted by molar-refractivity contribution is 5.97. The molecule has 1 heterocycles. The number of carbonyl (C=O) groups is 1. The SMILES string of the molecule is CC(NC(=O)/C(C#N)=C\N1CCCCCC1)C12CC3CC(CC(C3)C1)C2. The zero-order valence-corrected chi connectivity index (χ0v) is 16.2. The van der Waals surface area contributed by atoms with E-state index in [0.717, 1.165) is 43.7 Å². The van der Waals surface area contributed by atoms with Crippen molar-refractivity contribution in [2.24, 2.45) is 23.2 Å². The summed E-state index contributed by atoms with van der Waals surface area (Å²) in [4.78, 5) is 15.0. The molecule has 0 radical (unpaired) electrons. The molecule has 1 atom stereocenters. The van der Waals surface area contributed by atoms with Crippen LogP contribution in [0.1, 0.15) is 71.1 Å². The lowest BCUT2D eigenvalue weighted by Crippen LogP contribution is -2.56. The molecule has 1 N–H and O–H groups in total. The van der Waals surface area contributed by atoms with Gasteiger partial charge in [0.1, 0.15) is 11.6 Å². The van der Waals surface area contributed by atoms with Crippen molar-refractivity contribution in [1.29, 1.82) is 5.26 Å². The van der Waals surface area contributed by atoms with Crippen LogP contribution < -0.4 is 5.32 Å². The number of nitriles is 1. The fourth-order valence-corrected chi connectivity index (χ4v) is 6.68. The van der Waals surface area contributed by atoms with Crippen LogP contribution in [0.3, 0.4) is 0 Å². The standard InChI is InChI=1S/C22H33N3O/c1-16(22-11-17-8-18(12-22)10-19(9-17)13-22)24-21(26)20(14-23)15-25-6-4-2-3-5-7-25/h15-19H,2-13H2,1H3,(H,24,26)/b20-15-. The largest absolute Gasteiger partial charge is 0.376 e. The molecule has 4 bridgehead atoms. The summed E-state index contributed by atoms with van der Waals surface area (Å²) in [6, 6.07) is 2.33. The number of amides is 1. The Kier molecular flexibility index (Phi) is 4.99. The van der Waals surface area contributed by atoms with Crippen LogP contribution in [-0.4, -0.2) is 29.9 Å². The Labute approximate surface area is 158 Å². The van der Waals surface area contributed by atoms with Gasteiger partial charge in [0, 0.05) is 25.3 Å². The topological polar surface area (TPSA) is 56.1 Å². The second-order valence-corrected chi connectivity index (χ2v) is 9.58. The van der Waals surface area contributed by atoms with E-state index in [1.54, 1.807) is 0 Å². The summed E-state index contributed by atoms with van der Waals surface area (Å²) in [6.07, 6.45) is 14.7. The van der Waals surface area contributed by atoms with E-state index in [9.17, 15) is 10.1 Å². The summed E-state index contributed by atoms with van der Waals surface area (Å²) in [7, 11) is 0. The van der Waals surface area contributed by atoms with Gasteiger partial charge < -0.3 is 10.2 Å². The maximum atomic E-state index is 12.8. The molecule has 4 nitrogen and oxygen atoms in total. The number of nitrogens with zero attached hydrogens (tertiary/aromatic N) is 2. The maximum Gasteiger partial charge on any atom is 0.263 e. The molecule has 0 spiro atoms. The van der Waals surface area contributed by atoms with Gasteiger partial charge in [-0.25, -0.2) is 0 Å². The Bertz CT molecular complexity index is 574. The number of carbonyl (C=O) groups excluding carboxylic acids is 1. The first-order valence-corrected chi connectivity index (χ1v) is 10.7. The lowest BCUT2D eigenvalue weighted by Gasteiger charge is -2.59. The van der Waals surface area contributed by atoms with E-state index in [0.29, 0.717) is 0 Å². The molecule has 142 valence electrons. The Morgan fingerprint density at radius 2 is 1.62 bits per heavy atom. The monoisotopic (exact) mass is 355 g/mol. The molecule has 1 amide bonds. The summed E-state index contributed by atoms with van der Waals surface area (Å²) >= 11 is 0. The second kappa shape index (κ2) is 7.25. The molecule has 0 aromatic rings. The van der Waals surface area contributed by atoms with Gasteiger partial charge in [-0.1, -0.05) is 12.8 Å². The van der Waals surface area contributed by atoms with Gasteiger partial charge in [0.25, 0.3) is 5.91 Å². The van der Waals surface area contributed by atoms with Crippen LogP contribution in [0.25, 0.3) is 0 Å². The molecule has 1 aliphatic heterocycles. The molecule has 0 aromatic carbocycles. The van der Waals surface area contributed by atoms with Crippen molar-refractivity contribution < 1.29 is 4.79 Å². The number of hydrogen-bond acceptors (Lipinski definition) is 3. The molecule has 5 fully saturated rings. The quantitative estimate of drug-likeness (QED) is 0.613. The first kappa shape index (κ1) is 17.9. The summed E-state index contributed by atoms with van der Waals surface area (Å²) in [5.41, 5.74) is 0.566. The first-order chi connectivity index (χ1) is 12.6. The molecule has 5 rings (SSSR count). The third kappa shape index (κ3) is 3.50. The van der Waals surface area contributed by atoms with Crippen molar-refractivity contribution in [3.8, 4) is 6.07 Å². The van der Waals surface area contributed by atoms with E-state index in [1.807, 2.05) is 6.20 Å². The molecular weight excluding hydrogens is 322 g/mol. The van der Waals surface area contributed by atoms with Gasteiger partial charge in [0.05, 0.1) is 0 Å². The van der Waals surface area contributed by atoms with Gasteiger partial charge in [-0.3, -0.25) is 4.79 Å². The van der Waals surface area contributed by atoms with Crippen LogP contribution in [0.2, 0.25) is 0 Å². The Hall–Kier alpha value is -1.50. The molecule has 1 unspecified atom stereocenters. The Morgan fingerprint density at radius 1 is 1.08 bits per heavy atom. The van der Waals surface area contributed by atoms with Crippen molar-refractivity contribution in [2.75, 3.05) is 13.1 Å². The molecule has 4 aliphatic carbocycles. The van der Waals surface area contributed by atoms with Crippen molar-refractivity contribution >= 4 is 5.91 Å². The fourth-order valence-electron chi connectivity index (χ4n) is 6.68. The van der Waals surface area contributed by atoms with Crippen LogP contribution in [0, 0.1) is 34.5 Å². The second-order valence-electron chi connectivity index (χ2n) is 9.58. The summed E-state index contributed by atoms with van der Waals surface area (Å²) in [6.45, 7) is 4.11. The van der Waals surface area contributed by atoms with Crippen molar-refractivity contribution in [3.05, 3.63) is 11.8 Å². The number of hydrogen-bond donors (Lipinski definition) is 1. The van der Waals surface area contributed by atoms with Gasteiger partial charge in [-0.2, -0.15) is 5.26 Å². The van der Waals surface area contributed by atoms with Crippen LogP contribution >= 0.6 is 0 Å². The van der Waals surface area contributed by atoms with E-state index in [2.05, 4.69) is 23.2 Å². The van der Waals surface area contributed by atoms with Crippen molar-refractivity contribution in [1.82, 2.24) is 10.2 Å². The fraction of sp³-hybridized carbons (Fsp3) is 0.818.